The number of carbonyl (C=O) groups excluding carboxylic acids is 1. The number of hydrogen-bond acceptors (Lipinski definition) is 5. The lowest BCUT2D eigenvalue weighted by atomic mass is 9.83. The Labute approximate surface area is 206 Å². The van der Waals surface area contributed by atoms with E-state index in [-0.39, 0.29) is 17.2 Å². The van der Waals surface area contributed by atoms with Crippen molar-refractivity contribution >= 4 is 17.5 Å². The van der Waals surface area contributed by atoms with Crippen LogP contribution in [-0.4, -0.2) is 29.9 Å². The van der Waals surface area contributed by atoms with E-state index in [0.29, 0.717) is 36.9 Å². The van der Waals surface area contributed by atoms with E-state index < -0.39 is 0 Å². The number of ether oxygens (including phenoxy) is 2. The van der Waals surface area contributed by atoms with Crippen molar-refractivity contribution in [2.24, 2.45) is 10.9 Å². The molecule has 0 saturated carbocycles. The van der Waals surface area contributed by atoms with Crippen LogP contribution >= 0.6 is 0 Å². The van der Waals surface area contributed by atoms with Crippen LogP contribution in [0.15, 0.2) is 65.8 Å². The van der Waals surface area contributed by atoms with Crippen molar-refractivity contribution in [3.05, 3.63) is 83.2 Å². The van der Waals surface area contributed by atoms with E-state index in [1.54, 1.807) is 6.20 Å². The van der Waals surface area contributed by atoms with Gasteiger partial charge in [0.05, 0.1) is 6.54 Å². The quantitative estimate of drug-likeness (QED) is 0.521. The van der Waals surface area contributed by atoms with Gasteiger partial charge in [-0.05, 0) is 71.7 Å². The van der Waals surface area contributed by atoms with Crippen molar-refractivity contribution in [1.29, 1.82) is 0 Å². The van der Waals surface area contributed by atoms with E-state index in [1.807, 2.05) is 30.3 Å². The lowest BCUT2D eigenvalue weighted by molar-refractivity contribution is -0.120. The lowest BCUT2D eigenvalue weighted by Gasteiger charge is -2.25. The van der Waals surface area contributed by atoms with Gasteiger partial charge in [0.15, 0.2) is 0 Å². The number of nitrogens with one attached hydrogen (secondary N) is 1. The van der Waals surface area contributed by atoms with E-state index in [4.69, 9.17) is 9.47 Å². The summed E-state index contributed by atoms with van der Waals surface area (Å²) in [6, 6.07) is 18.0. The van der Waals surface area contributed by atoms with Crippen LogP contribution in [0, 0.1) is 5.92 Å². The van der Waals surface area contributed by atoms with Crippen LogP contribution in [0.4, 0.5) is 5.69 Å². The fourth-order valence-corrected chi connectivity index (χ4v) is 4.55. The molecular formula is C29H31N3O3. The van der Waals surface area contributed by atoms with Crippen molar-refractivity contribution < 1.29 is 14.3 Å². The van der Waals surface area contributed by atoms with Crippen LogP contribution in [0.25, 0.3) is 0 Å². The molecule has 1 atom stereocenters. The molecule has 3 aromatic rings. The Bertz CT molecular complexity index is 1280. The summed E-state index contributed by atoms with van der Waals surface area (Å²) in [4.78, 5) is 21.8. The van der Waals surface area contributed by atoms with Crippen molar-refractivity contribution in [3.8, 4) is 11.5 Å². The summed E-state index contributed by atoms with van der Waals surface area (Å²) in [6.07, 6.45) is 4.12. The molecule has 0 spiro atoms. The Balaban J connectivity index is 1.27. The van der Waals surface area contributed by atoms with Gasteiger partial charge < -0.3 is 14.8 Å². The second kappa shape index (κ2) is 9.53. The van der Waals surface area contributed by atoms with Crippen LogP contribution < -0.4 is 10.1 Å². The second-order valence-electron chi connectivity index (χ2n) is 10.2. The smallest absolute Gasteiger partial charge is 0.235 e. The number of aromatic nitrogens is 1. The van der Waals surface area contributed by atoms with Gasteiger partial charge in [0.1, 0.15) is 23.8 Å². The Morgan fingerprint density at radius 2 is 1.91 bits per heavy atom. The minimum Gasteiger partial charge on any atom is -0.474 e. The molecule has 2 aliphatic rings. The molecule has 180 valence electrons. The fraction of sp³-hybridized carbons (Fsp3) is 0.345. The highest BCUT2D eigenvalue weighted by Gasteiger charge is 2.26. The molecule has 6 heteroatoms. The molecule has 35 heavy (non-hydrogen) atoms. The van der Waals surface area contributed by atoms with Crippen LogP contribution in [0.5, 0.6) is 11.5 Å². The number of rotatable bonds is 5. The topological polar surface area (TPSA) is 72.8 Å². The fourth-order valence-electron chi connectivity index (χ4n) is 4.55. The van der Waals surface area contributed by atoms with E-state index in [9.17, 15) is 4.79 Å². The van der Waals surface area contributed by atoms with Gasteiger partial charge in [-0.1, -0.05) is 39.0 Å². The first-order valence-electron chi connectivity index (χ1n) is 12.2. The molecule has 1 unspecified atom stereocenters. The highest BCUT2D eigenvalue weighted by Crippen LogP contribution is 2.32. The molecule has 1 aliphatic heterocycles. The predicted octanol–water partition coefficient (Wildman–Crippen LogP) is 5.69. The van der Waals surface area contributed by atoms with Gasteiger partial charge in [-0.25, -0.2) is 4.99 Å². The standard InChI is InChI=1S/C29H31N3O3/c1-29(2,3)22-5-4-6-23(17-22)32-27(33)20-8-7-19-9-10-24(16-21(19)15-20)35-25-11-12-30-26(18-25)28-31-13-14-34-28/h4-6,9-12,16-18,20H,7-8,13-15H2,1-3H3,(H,32,33). The number of aryl methyl sites for hydroxylation is 1. The number of nitrogens with zero attached hydrogens (tertiary/aromatic N) is 2. The van der Waals surface area contributed by atoms with Crippen molar-refractivity contribution in [3.63, 3.8) is 0 Å². The van der Waals surface area contributed by atoms with Gasteiger partial charge in [-0.3, -0.25) is 9.78 Å². The number of anilines is 1. The Morgan fingerprint density at radius 3 is 2.71 bits per heavy atom. The summed E-state index contributed by atoms with van der Waals surface area (Å²) in [6.45, 7) is 7.77. The van der Waals surface area contributed by atoms with Gasteiger partial charge in [-0.2, -0.15) is 0 Å². The molecular weight excluding hydrogens is 438 g/mol. The Kier molecular flexibility index (Phi) is 6.29. The monoisotopic (exact) mass is 469 g/mol. The summed E-state index contributed by atoms with van der Waals surface area (Å²) < 4.78 is 11.6. The first-order valence-corrected chi connectivity index (χ1v) is 12.2. The third kappa shape index (κ3) is 5.37. The minimum absolute atomic E-state index is 0.0358. The predicted molar refractivity (Wildman–Crippen MR) is 137 cm³/mol. The molecule has 5 rings (SSSR count). The van der Waals surface area contributed by atoms with Gasteiger partial charge in [-0.15, -0.1) is 0 Å². The summed E-state index contributed by atoms with van der Waals surface area (Å²) >= 11 is 0. The van der Waals surface area contributed by atoms with Crippen LogP contribution in [0.2, 0.25) is 0 Å². The average molecular weight is 470 g/mol. The minimum atomic E-state index is -0.0684. The van der Waals surface area contributed by atoms with Gasteiger partial charge in [0.25, 0.3) is 0 Å². The zero-order valence-electron chi connectivity index (χ0n) is 20.5. The maximum atomic E-state index is 13.1. The number of fused-ring (bicyclic) bond motifs is 1. The number of pyridine rings is 1. The highest BCUT2D eigenvalue weighted by molar-refractivity contribution is 5.93. The number of carbonyl (C=O) groups is 1. The molecule has 1 N–H and O–H groups in total. The third-order valence-electron chi connectivity index (χ3n) is 6.54. The highest BCUT2D eigenvalue weighted by atomic mass is 16.5. The van der Waals surface area contributed by atoms with E-state index >= 15 is 0 Å². The Hall–Kier alpha value is -3.67. The Morgan fingerprint density at radius 1 is 1.06 bits per heavy atom. The van der Waals surface area contributed by atoms with Crippen LogP contribution in [0.1, 0.15) is 49.6 Å². The molecule has 6 nitrogen and oxygen atoms in total. The third-order valence-corrected chi connectivity index (χ3v) is 6.54. The van der Waals surface area contributed by atoms with Gasteiger partial charge >= 0.3 is 0 Å². The summed E-state index contributed by atoms with van der Waals surface area (Å²) in [7, 11) is 0. The first-order chi connectivity index (χ1) is 16.8. The van der Waals surface area contributed by atoms with Gasteiger partial charge in [0.2, 0.25) is 11.8 Å². The number of benzene rings is 2. The maximum Gasteiger partial charge on any atom is 0.235 e. The zero-order valence-corrected chi connectivity index (χ0v) is 20.5. The molecule has 1 aromatic heterocycles. The molecule has 2 heterocycles. The second-order valence-corrected chi connectivity index (χ2v) is 10.2. The van der Waals surface area contributed by atoms with Crippen LogP contribution in [0.3, 0.4) is 0 Å². The van der Waals surface area contributed by atoms with E-state index in [1.165, 1.54) is 11.1 Å². The summed E-state index contributed by atoms with van der Waals surface area (Å²) in [5.41, 5.74) is 5.21. The molecule has 0 radical (unpaired) electrons. The van der Waals surface area contributed by atoms with Crippen molar-refractivity contribution in [2.75, 3.05) is 18.5 Å². The van der Waals surface area contributed by atoms with E-state index in [0.717, 1.165) is 29.8 Å². The molecule has 0 bridgehead atoms. The van der Waals surface area contributed by atoms with Crippen molar-refractivity contribution in [2.45, 2.75) is 45.4 Å². The molecule has 0 fully saturated rings. The number of amides is 1. The first kappa shape index (κ1) is 23.1. The SMILES string of the molecule is CC(C)(C)c1cccc(NC(=O)C2CCc3ccc(Oc4ccnc(C5=NCCO5)c4)cc3C2)c1. The van der Waals surface area contributed by atoms with E-state index in [2.05, 4.69) is 60.3 Å². The molecule has 2 aromatic carbocycles. The van der Waals surface area contributed by atoms with Gasteiger partial charge in [0, 0.05) is 23.9 Å². The maximum absolute atomic E-state index is 13.1. The summed E-state index contributed by atoms with van der Waals surface area (Å²) in [5.74, 6) is 1.99. The molecule has 0 saturated heterocycles. The average Bonchev–Trinajstić information content (AvgIpc) is 3.39. The number of aliphatic imine (C=N–C) groups is 1. The van der Waals surface area contributed by atoms with Crippen LogP contribution in [-0.2, 0) is 27.8 Å². The molecule has 1 amide bonds. The lowest BCUT2D eigenvalue weighted by Crippen LogP contribution is -2.28. The largest absolute Gasteiger partial charge is 0.474 e. The van der Waals surface area contributed by atoms with Crippen molar-refractivity contribution in [1.82, 2.24) is 4.98 Å². The summed E-state index contributed by atoms with van der Waals surface area (Å²) in [5, 5.41) is 3.14. The molecule has 1 aliphatic carbocycles. The number of hydrogen-bond donors (Lipinski definition) is 1. The normalized spacial score (nSPS) is 17.2. The zero-order chi connectivity index (χ0) is 24.4.